The van der Waals surface area contributed by atoms with E-state index in [1.54, 1.807) is 24.3 Å². The Hall–Kier alpha value is -12.9. The fraction of sp³-hybridized carbons (Fsp3) is 0.170. The Labute approximate surface area is 708 Å². The van der Waals surface area contributed by atoms with Gasteiger partial charge in [-0.1, -0.05) is 235 Å². The predicted octanol–water partition coefficient (Wildman–Crippen LogP) is 30.1. The molecule has 0 bridgehead atoms. The van der Waals surface area contributed by atoms with E-state index in [2.05, 4.69) is 290 Å². The van der Waals surface area contributed by atoms with Crippen molar-refractivity contribution in [2.45, 2.75) is 118 Å². The van der Waals surface area contributed by atoms with E-state index < -0.39 is 32.7 Å². The van der Waals surface area contributed by atoms with E-state index >= 15 is 0 Å². The van der Waals surface area contributed by atoms with Gasteiger partial charge in [0.2, 0.25) is 0 Å². The third-order valence-corrected chi connectivity index (χ3v) is 25.0. The summed E-state index contributed by atoms with van der Waals surface area (Å²) in [5.41, 5.74) is 22.7. The van der Waals surface area contributed by atoms with E-state index in [1.807, 2.05) is 60.7 Å². The van der Waals surface area contributed by atoms with E-state index in [0.717, 1.165) is 179 Å². The van der Waals surface area contributed by atoms with Crippen molar-refractivity contribution in [1.29, 1.82) is 0 Å². The molecular weight excluding hydrogens is 1540 g/mol. The zero-order valence-electron chi connectivity index (χ0n) is 68.6. The molecule has 0 N–H and O–H groups in total. The summed E-state index contributed by atoms with van der Waals surface area (Å²) in [5.74, 6) is -0.461. The standard InChI is InChI=1S/C106H98F6N4O4Si/c1-5-9-19-77-27-47-89(48-28-77)113(87-23-15-13-16-24-87)95-59-39-83(40-60-95)85-43-63-97(64-44-85)115(91-51-31-79(32-52-91)21-11-7-3)93-55-35-81(36-56-93)75-117-121(101-71-67-99(68-72-101)119-105(111)103(107)108,102-73-69-100(70-74-102)120-106(112)104(109)110)118-76-82-37-57-94(58-38-82)116(92-53-33-80(34-54-92)22-12-8-4)98-65-45-86(46-66-98)84-41-61-96(62-42-84)114(88-25-17-14-18-26-88)90-49-29-78(30-50-90)20-10-6-2/h13-18,23-74H,5-12,19-22,75-76H2,1-4H3. The minimum absolute atomic E-state index is 0.0534. The van der Waals surface area contributed by atoms with Gasteiger partial charge in [-0.15, -0.1) is 0 Å². The van der Waals surface area contributed by atoms with E-state index in [4.69, 9.17) is 18.3 Å². The SMILES string of the molecule is CCCCc1ccc(N(c2ccccc2)c2ccc(-c3ccc(N(c4ccc(CCCC)cc4)c4ccc(CO[Si](OCc5ccc(N(c6ccc(CCCC)cc6)c6ccc(-c7ccc(N(c8ccccc8)c8ccc(CCCC)cc8)cc7)cc6)cc5)(c5ccc(OC(F)=C(F)F)cc5)c5ccc(OC(F)=C(F)F)cc5)cc4)cc3)cc2)cc1. The maximum atomic E-state index is 14.5. The molecule has 0 saturated carbocycles. The quantitative estimate of drug-likeness (QED) is 0.0216. The molecule has 0 unspecified atom stereocenters. The molecule has 0 amide bonds. The number of aryl methyl sites for hydroxylation is 4. The van der Waals surface area contributed by atoms with Gasteiger partial charge in [0.1, 0.15) is 11.5 Å². The van der Waals surface area contributed by atoms with Gasteiger partial charge in [0.15, 0.2) is 0 Å². The molecule has 8 nitrogen and oxygen atoms in total. The lowest BCUT2D eigenvalue weighted by Gasteiger charge is -2.32. The van der Waals surface area contributed by atoms with Gasteiger partial charge in [-0.25, -0.2) is 0 Å². The molecular formula is C106H98F6N4O4Si. The van der Waals surface area contributed by atoms with Crippen LogP contribution in [-0.4, -0.2) is 8.56 Å². The molecule has 0 aromatic heterocycles. The number of nitrogens with zero attached hydrogens (tertiary/aromatic N) is 4. The van der Waals surface area contributed by atoms with Crippen LogP contribution in [0, 0.1) is 0 Å². The van der Waals surface area contributed by atoms with Crippen LogP contribution in [0.5, 0.6) is 11.5 Å². The number of para-hydroxylation sites is 2. The van der Waals surface area contributed by atoms with Crippen LogP contribution in [0.2, 0.25) is 0 Å². The van der Waals surface area contributed by atoms with Crippen molar-refractivity contribution in [3.8, 4) is 33.8 Å². The summed E-state index contributed by atoms with van der Waals surface area (Å²) in [5, 5.41) is 0.868. The molecule has 14 aromatic carbocycles. The highest BCUT2D eigenvalue weighted by Gasteiger charge is 2.44. The molecule has 0 saturated heterocycles. The summed E-state index contributed by atoms with van der Waals surface area (Å²) in [6, 6.07) is 114. The number of hydrogen-bond acceptors (Lipinski definition) is 8. The van der Waals surface area contributed by atoms with Gasteiger partial charge in [-0.2, -0.15) is 26.3 Å². The lowest BCUT2D eigenvalue weighted by Crippen LogP contribution is -2.63. The van der Waals surface area contributed by atoms with Gasteiger partial charge < -0.3 is 37.9 Å². The van der Waals surface area contributed by atoms with Crippen molar-refractivity contribution in [2.75, 3.05) is 19.6 Å². The second-order valence-corrected chi connectivity index (χ2v) is 33.1. The summed E-state index contributed by atoms with van der Waals surface area (Å²) in [4.78, 5) is 8.98. The first-order valence-electron chi connectivity index (χ1n) is 41.7. The number of benzene rings is 14. The average molecular weight is 1630 g/mol. The fourth-order valence-corrected chi connectivity index (χ4v) is 18.1. The van der Waals surface area contributed by atoms with Crippen LogP contribution < -0.4 is 39.4 Å². The van der Waals surface area contributed by atoms with E-state index in [-0.39, 0.29) is 24.7 Å². The van der Waals surface area contributed by atoms with Crippen molar-refractivity contribution < 1.29 is 44.7 Å². The molecule has 0 atom stereocenters. The summed E-state index contributed by atoms with van der Waals surface area (Å²) < 4.78 is 108. The third-order valence-electron chi connectivity index (χ3n) is 21.7. The van der Waals surface area contributed by atoms with Crippen molar-refractivity contribution in [1.82, 2.24) is 0 Å². The molecule has 14 aromatic rings. The van der Waals surface area contributed by atoms with Crippen LogP contribution in [-0.2, 0) is 47.7 Å². The van der Waals surface area contributed by atoms with Gasteiger partial charge in [0.05, 0.1) is 13.2 Å². The molecule has 0 radical (unpaired) electrons. The molecule has 14 rings (SSSR count). The third kappa shape index (κ3) is 21.4. The second kappa shape index (κ2) is 41.2. The van der Waals surface area contributed by atoms with Gasteiger partial charge >= 0.3 is 32.7 Å². The fourth-order valence-electron chi connectivity index (χ4n) is 15.1. The van der Waals surface area contributed by atoms with E-state index in [1.165, 1.54) is 46.5 Å². The zero-order chi connectivity index (χ0) is 83.9. The molecule has 0 fully saturated rings. The Kier molecular flexibility index (Phi) is 28.8. The van der Waals surface area contributed by atoms with Crippen molar-refractivity contribution in [3.05, 3.63) is 409 Å². The van der Waals surface area contributed by atoms with Crippen LogP contribution in [0.3, 0.4) is 0 Å². The lowest BCUT2D eigenvalue weighted by molar-refractivity contribution is 0.176. The van der Waals surface area contributed by atoms with Crippen LogP contribution in [0.1, 0.15) is 112 Å². The van der Waals surface area contributed by atoms with E-state index in [0.29, 0.717) is 10.4 Å². The van der Waals surface area contributed by atoms with Gasteiger partial charge in [-0.05, 0) is 287 Å². The average Bonchev–Trinajstić information content (AvgIpc) is 0.761. The molecule has 0 aliphatic heterocycles. The summed E-state index contributed by atoms with van der Waals surface area (Å²) in [7, 11) is -4.20. The first-order chi connectivity index (χ1) is 59.2. The highest BCUT2D eigenvalue weighted by atomic mass is 28.4. The number of halogens is 6. The predicted molar refractivity (Wildman–Crippen MR) is 486 cm³/mol. The first kappa shape index (κ1) is 84.5. The zero-order valence-corrected chi connectivity index (χ0v) is 69.6. The topological polar surface area (TPSA) is 49.9 Å². The monoisotopic (exact) mass is 1630 g/mol. The molecule has 15 heteroatoms. The van der Waals surface area contributed by atoms with Crippen molar-refractivity contribution in [2.24, 2.45) is 0 Å². The van der Waals surface area contributed by atoms with Crippen LogP contribution >= 0.6 is 0 Å². The Morgan fingerprint density at radius 3 is 0.636 bits per heavy atom. The Bertz CT molecular complexity index is 5300. The number of rotatable bonds is 38. The number of ether oxygens (including phenoxy) is 2. The number of unbranched alkanes of at least 4 members (excludes halogenated alkanes) is 4. The molecule has 121 heavy (non-hydrogen) atoms. The second-order valence-electron chi connectivity index (χ2n) is 30.1. The van der Waals surface area contributed by atoms with Crippen molar-refractivity contribution >= 4 is 87.2 Å². The van der Waals surface area contributed by atoms with Gasteiger partial charge in [-0.3, -0.25) is 0 Å². The molecule has 0 aliphatic carbocycles. The van der Waals surface area contributed by atoms with Gasteiger partial charge in [0, 0.05) is 68.2 Å². The minimum Gasteiger partial charge on any atom is -0.428 e. The normalized spacial score (nSPS) is 11.3. The highest BCUT2D eigenvalue weighted by Crippen LogP contribution is 2.43. The smallest absolute Gasteiger partial charge is 0.407 e. The first-order valence-corrected chi connectivity index (χ1v) is 43.6. The van der Waals surface area contributed by atoms with Crippen LogP contribution in [0.25, 0.3) is 22.3 Å². The summed E-state index contributed by atoms with van der Waals surface area (Å²) in [6.45, 7) is 8.71. The van der Waals surface area contributed by atoms with Crippen molar-refractivity contribution in [3.63, 3.8) is 0 Å². The maximum absolute atomic E-state index is 14.5. The number of anilines is 12. The van der Waals surface area contributed by atoms with Gasteiger partial charge in [0.25, 0.3) is 0 Å². The Morgan fingerprint density at radius 2 is 0.430 bits per heavy atom. The minimum atomic E-state index is -4.20. The molecule has 0 aliphatic rings. The Balaban J connectivity index is 0.764. The Morgan fingerprint density at radius 1 is 0.231 bits per heavy atom. The van der Waals surface area contributed by atoms with E-state index in [9.17, 15) is 26.3 Å². The maximum Gasteiger partial charge on any atom is 0.407 e. The lowest BCUT2D eigenvalue weighted by atomic mass is 10.0. The van der Waals surface area contributed by atoms with Crippen LogP contribution in [0.15, 0.2) is 376 Å². The van der Waals surface area contributed by atoms with Crippen LogP contribution in [0.4, 0.5) is 94.6 Å². The summed E-state index contributed by atoms with van der Waals surface area (Å²) >= 11 is 0. The highest BCUT2D eigenvalue weighted by molar-refractivity contribution is 6.92. The molecule has 612 valence electrons. The number of hydrogen-bond donors (Lipinski definition) is 0. The molecule has 0 spiro atoms. The summed E-state index contributed by atoms with van der Waals surface area (Å²) in [6.07, 6.45) is 7.64. The molecule has 0 heterocycles. The largest absolute Gasteiger partial charge is 0.428 e.